The van der Waals surface area contributed by atoms with Gasteiger partial charge < -0.3 is 21.5 Å². The SMILES string of the molecule is NC(=O)C[C@@H](NC(=O)/C=C/CC1CCCCCC1)C(=O)NCCc1ccc(O)cc1. The van der Waals surface area contributed by atoms with Crippen molar-refractivity contribution in [2.24, 2.45) is 11.7 Å². The molecule has 164 valence electrons. The smallest absolute Gasteiger partial charge is 0.244 e. The number of carbonyl (C=O) groups excluding carboxylic acids is 3. The van der Waals surface area contributed by atoms with Crippen LogP contribution >= 0.6 is 0 Å². The van der Waals surface area contributed by atoms with Crippen molar-refractivity contribution in [2.45, 2.75) is 63.8 Å². The van der Waals surface area contributed by atoms with Gasteiger partial charge in [0.1, 0.15) is 11.8 Å². The monoisotopic (exact) mass is 415 g/mol. The lowest BCUT2D eigenvalue weighted by Crippen LogP contribution is -2.48. The first-order chi connectivity index (χ1) is 14.4. The van der Waals surface area contributed by atoms with E-state index >= 15 is 0 Å². The molecule has 0 aromatic heterocycles. The molecule has 7 heteroatoms. The molecule has 1 saturated carbocycles. The Bertz CT molecular complexity index is 722. The number of carbonyl (C=O) groups is 3. The number of hydrogen-bond donors (Lipinski definition) is 4. The molecule has 0 spiro atoms. The highest BCUT2D eigenvalue weighted by atomic mass is 16.3. The van der Waals surface area contributed by atoms with E-state index in [1.54, 1.807) is 24.3 Å². The van der Waals surface area contributed by atoms with Gasteiger partial charge in [0.2, 0.25) is 17.7 Å². The molecule has 0 heterocycles. The minimum Gasteiger partial charge on any atom is -0.508 e. The summed E-state index contributed by atoms with van der Waals surface area (Å²) in [6.45, 7) is 0.340. The van der Waals surface area contributed by atoms with Crippen LogP contribution in [0.4, 0.5) is 0 Å². The van der Waals surface area contributed by atoms with Gasteiger partial charge in [-0.25, -0.2) is 0 Å². The average Bonchev–Trinajstić information content (AvgIpc) is 2.97. The fourth-order valence-corrected chi connectivity index (χ4v) is 3.71. The molecule has 0 bridgehead atoms. The third-order valence-corrected chi connectivity index (χ3v) is 5.40. The van der Waals surface area contributed by atoms with Gasteiger partial charge in [-0.15, -0.1) is 0 Å². The lowest BCUT2D eigenvalue weighted by molar-refractivity contribution is -0.129. The molecule has 2 rings (SSSR count). The lowest BCUT2D eigenvalue weighted by atomic mass is 9.96. The summed E-state index contributed by atoms with van der Waals surface area (Å²) in [5, 5.41) is 14.6. The number of nitrogens with two attached hydrogens (primary N) is 1. The molecule has 1 aliphatic rings. The maximum atomic E-state index is 12.4. The third kappa shape index (κ3) is 9.11. The molecular weight excluding hydrogens is 382 g/mol. The van der Waals surface area contributed by atoms with Crippen LogP contribution in [0.3, 0.4) is 0 Å². The van der Waals surface area contributed by atoms with Crippen molar-refractivity contribution in [3.63, 3.8) is 0 Å². The second-order valence-corrected chi connectivity index (χ2v) is 7.93. The number of phenolic OH excluding ortho intramolecular Hbond substituents is 1. The standard InChI is InChI=1S/C23H33N3O4/c24-21(28)16-20(23(30)25-15-14-18-10-12-19(27)13-11-18)26-22(29)9-5-8-17-6-3-1-2-4-7-17/h5,9-13,17,20,27H,1-4,6-8,14-16H2,(H2,24,28)(H,25,30)(H,26,29)/b9-5+/t20-/m1/s1. The Morgan fingerprint density at radius 3 is 2.40 bits per heavy atom. The van der Waals surface area contributed by atoms with Gasteiger partial charge in [0.25, 0.3) is 0 Å². The molecule has 0 unspecified atom stereocenters. The number of hydrogen-bond acceptors (Lipinski definition) is 4. The summed E-state index contributed by atoms with van der Waals surface area (Å²) in [6.07, 6.45) is 11.9. The highest BCUT2D eigenvalue weighted by Gasteiger charge is 2.22. The first kappa shape index (κ1) is 23.4. The van der Waals surface area contributed by atoms with Crippen molar-refractivity contribution in [3.8, 4) is 5.75 Å². The van der Waals surface area contributed by atoms with Crippen LogP contribution < -0.4 is 16.4 Å². The average molecular weight is 416 g/mol. The van der Waals surface area contributed by atoms with Gasteiger partial charge in [0.05, 0.1) is 6.42 Å². The van der Waals surface area contributed by atoms with E-state index in [1.807, 2.05) is 6.08 Å². The predicted octanol–water partition coefficient (Wildman–Crippen LogP) is 2.33. The van der Waals surface area contributed by atoms with Crippen molar-refractivity contribution in [1.82, 2.24) is 10.6 Å². The summed E-state index contributed by atoms with van der Waals surface area (Å²) in [7, 11) is 0. The van der Waals surface area contributed by atoms with Crippen molar-refractivity contribution in [1.29, 1.82) is 0 Å². The maximum Gasteiger partial charge on any atom is 0.244 e. The summed E-state index contributed by atoms with van der Waals surface area (Å²) in [5.74, 6) is -0.710. The van der Waals surface area contributed by atoms with Crippen LogP contribution in [0.15, 0.2) is 36.4 Å². The van der Waals surface area contributed by atoms with Gasteiger partial charge in [-0.05, 0) is 42.5 Å². The highest BCUT2D eigenvalue weighted by molar-refractivity contribution is 5.95. The van der Waals surface area contributed by atoms with E-state index in [2.05, 4.69) is 10.6 Å². The molecular formula is C23H33N3O4. The number of amides is 3. The first-order valence-electron chi connectivity index (χ1n) is 10.7. The van der Waals surface area contributed by atoms with Crippen molar-refractivity contribution < 1.29 is 19.5 Å². The first-order valence-corrected chi connectivity index (χ1v) is 10.7. The number of allylic oxidation sites excluding steroid dienone is 1. The molecule has 0 aliphatic heterocycles. The minimum absolute atomic E-state index is 0.180. The summed E-state index contributed by atoms with van der Waals surface area (Å²) >= 11 is 0. The van der Waals surface area contributed by atoms with Gasteiger partial charge >= 0.3 is 0 Å². The molecule has 3 amide bonds. The molecule has 1 fully saturated rings. The number of primary amides is 1. The molecule has 0 saturated heterocycles. The summed E-state index contributed by atoms with van der Waals surface area (Å²) in [6, 6.07) is 5.69. The largest absolute Gasteiger partial charge is 0.508 e. The van der Waals surface area contributed by atoms with E-state index in [1.165, 1.54) is 44.6 Å². The van der Waals surface area contributed by atoms with E-state index in [0.717, 1.165) is 12.0 Å². The molecule has 1 atom stereocenters. The predicted molar refractivity (Wildman–Crippen MR) is 116 cm³/mol. The Labute approximate surface area is 178 Å². The second kappa shape index (κ2) is 12.7. The Morgan fingerprint density at radius 1 is 1.10 bits per heavy atom. The van der Waals surface area contributed by atoms with Gasteiger partial charge in [-0.3, -0.25) is 14.4 Å². The highest BCUT2D eigenvalue weighted by Crippen LogP contribution is 2.25. The van der Waals surface area contributed by atoms with Gasteiger partial charge in [-0.2, -0.15) is 0 Å². The quantitative estimate of drug-likeness (QED) is 0.346. The van der Waals surface area contributed by atoms with Crippen molar-refractivity contribution in [3.05, 3.63) is 42.0 Å². The van der Waals surface area contributed by atoms with E-state index in [-0.39, 0.29) is 12.2 Å². The van der Waals surface area contributed by atoms with Crippen LogP contribution in [0.25, 0.3) is 0 Å². The van der Waals surface area contributed by atoms with Crippen LogP contribution in [0.5, 0.6) is 5.75 Å². The molecule has 1 aliphatic carbocycles. The number of benzene rings is 1. The zero-order valence-electron chi connectivity index (χ0n) is 17.4. The van der Waals surface area contributed by atoms with Gasteiger partial charge in [-0.1, -0.05) is 56.7 Å². The molecule has 1 aromatic carbocycles. The zero-order valence-corrected chi connectivity index (χ0v) is 17.4. The zero-order chi connectivity index (χ0) is 21.8. The number of phenols is 1. The maximum absolute atomic E-state index is 12.4. The Balaban J connectivity index is 1.80. The van der Waals surface area contributed by atoms with Crippen LogP contribution in [0.2, 0.25) is 0 Å². The Morgan fingerprint density at radius 2 is 1.77 bits per heavy atom. The normalized spacial score (nSPS) is 16.0. The van der Waals surface area contributed by atoms with E-state index in [0.29, 0.717) is 18.9 Å². The molecule has 7 nitrogen and oxygen atoms in total. The molecule has 0 radical (unpaired) electrons. The number of rotatable bonds is 10. The summed E-state index contributed by atoms with van der Waals surface area (Å²) < 4.78 is 0. The fraction of sp³-hybridized carbons (Fsp3) is 0.522. The molecule has 1 aromatic rings. The van der Waals surface area contributed by atoms with Crippen LogP contribution in [0.1, 0.15) is 56.9 Å². The minimum atomic E-state index is -1.00. The second-order valence-electron chi connectivity index (χ2n) is 7.93. The topological polar surface area (TPSA) is 122 Å². The van der Waals surface area contributed by atoms with Crippen LogP contribution in [-0.2, 0) is 20.8 Å². The fourth-order valence-electron chi connectivity index (χ4n) is 3.71. The Kier molecular flexibility index (Phi) is 9.91. The number of aromatic hydroxyl groups is 1. The van der Waals surface area contributed by atoms with E-state index < -0.39 is 23.8 Å². The van der Waals surface area contributed by atoms with E-state index in [9.17, 15) is 19.5 Å². The van der Waals surface area contributed by atoms with Crippen LogP contribution in [-0.4, -0.2) is 35.4 Å². The summed E-state index contributed by atoms with van der Waals surface area (Å²) in [4.78, 5) is 36.0. The van der Waals surface area contributed by atoms with Gasteiger partial charge in [0, 0.05) is 6.54 Å². The Hall–Kier alpha value is -2.83. The van der Waals surface area contributed by atoms with Gasteiger partial charge in [0.15, 0.2) is 0 Å². The lowest BCUT2D eigenvalue weighted by Gasteiger charge is -2.16. The molecule has 30 heavy (non-hydrogen) atoms. The van der Waals surface area contributed by atoms with E-state index in [4.69, 9.17) is 5.73 Å². The summed E-state index contributed by atoms with van der Waals surface area (Å²) in [5.41, 5.74) is 6.19. The van der Waals surface area contributed by atoms with Crippen molar-refractivity contribution >= 4 is 17.7 Å². The van der Waals surface area contributed by atoms with Crippen molar-refractivity contribution in [2.75, 3.05) is 6.54 Å². The molecule has 5 N–H and O–H groups in total. The third-order valence-electron chi connectivity index (χ3n) is 5.40. The van der Waals surface area contributed by atoms with Crippen LogP contribution in [0, 0.1) is 5.92 Å². The number of nitrogens with one attached hydrogen (secondary N) is 2.